The van der Waals surface area contributed by atoms with Crippen molar-refractivity contribution in [1.82, 2.24) is 0 Å². The largest absolute Gasteiger partial charge is 0.455 e. The molecule has 0 saturated heterocycles. The Morgan fingerprint density at radius 1 is 0.515 bits per heavy atom. The van der Waals surface area contributed by atoms with Gasteiger partial charge in [-0.2, -0.15) is 0 Å². The van der Waals surface area contributed by atoms with E-state index in [-0.39, 0.29) is 6.42 Å². The Bertz CT molecular complexity index is 1130. The molecule has 0 heterocycles. The van der Waals surface area contributed by atoms with Crippen LogP contribution in [0.1, 0.15) is 6.42 Å². The first-order valence-electron chi connectivity index (χ1n) is 10.4. The zero-order valence-corrected chi connectivity index (χ0v) is 17.7. The zero-order valence-electron chi connectivity index (χ0n) is 17.7. The molecule has 4 aromatic rings. The standard InChI is InChI=1S/C27H22N2O4/c30-26(28-22-15-7-9-17-24(22)32-20-11-3-1-4-12-20)19-27(31)29-23-16-8-10-18-25(23)33-21-13-5-2-6-14-21/h1-18H,19H2,(H,28,30)(H,29,31). The lowest BCUT2D eigenvalue weighted by atomic mass is 10.2. The van der Waals surface area contributed by atoms with Crippen molar-refractivity contribution in [3.63, 3.8) is 0 Å². The third-order valence-electron chi connectivity index (χ3n) is 4.59. The van der Waals surface area contributed by atoms with E-state index in [4.69, 9.17) is 9.47 Å². The Labute approximate surface area is 191 Å². The number of rotatable bonds is 8. The molecule has 0 spiro atoms. The van der Waals surface area contributed by atoms with E-state index in [0.717, 1.165) is 0 Å². The van der Waals surface area contributed by atoms with E-state index in [1.807, 2.05) is 72.8 Å². The molecule has 6 heteroatoms. The van der Waals surface area contributed by atoms with Crippen LogP contribution in [0.4, 0.5) is 11.4 Å². The quantitative estimate of drug-likeness (QED) is 0.319. The third kappa shape index (κ3) is 6.21. The van der Waals surface area contributed by atoms with E-state index in [2.05, 4.69) is 10.6 Å². The lowest BCUT2D eigenvalue weighted by molar-refractivity contribution is -0.123. The highest BCUT2D eigenvalue weighted by atomic mass is 16.5. The van der Waals surface area contributed by atoms with Crippen LogP contribution in [-0.4, -0.2) is 11.8 Å². The molecule has 0 aliphatic heterocycles. The number of benzene rings is 4. The molecule has 164 valence electrons. The summed E-state index contributed by atoms with van der Waals surface area (Å²) in [6.45, 7) is 0. The number of hydrogen-bond acceptors (Lipinski definition) is 4. The van der Waals surface area contributed by atoms with E-state index in [0.29, 0.717) is 34.4 Å². The number of nitrogens with one attached hydrogen (secondary N) is 2. The molecular weight excluding hydrogens is 416 g/mol. The first-order valence-corrected chi connectivity index (χ1v) is 10.4. The predicted octanol–water partition coefficient (Wildman–Crippen LogP) is 6.24. The normalized spacial score (nSPS) is 10.2. The molecule has 4 rings (SSSR count). The molecule has 33 heavy (non-hydrogen) atoms. The summed E-state index contributed by atoms with van der Waals surface area (Å²) in [5, 5.41) is 5.49. The Hall–Kier alpha value is -4.58. The Balaban J connectivity index is 1.38. The summed E-state index contributed by atoms with van der Waals surface area (Å²) < 4.78 is 11.7. The maximum atomic E-state index is 12.5. The van der Waals surface area contributed by atoms with Crippen molar-refractivity contribution >= 4 is 23.2 Å². The van der Waals surface area contributed by atoms with Crippen LogP contribution in [0.15, 0.2) is 109 Å². The van der Waals surface area contributed by atoms with Gasteiger partial charge < -0.3 is 20.1 Å². The summed E-state index contributed by atoms with van der Waals surface area (Å²) in [4.78, 5) is 25.1. The predicted molar refractivity (Wildman–Crippen MR) is 128 cm³/mol. The molecule has 0 atom stereocenters. The SMILES string of the molecule is O=C(CC(=O)Nc1ccccc1Oc1ccccc1)Nc1ccccc1Oc1ccccc1. The Morgan fingerprint density at radius 2 is 0.879 bits per heavy atom. The van der Waals surface area contributed by atoms with Crippen molar-refractivity contribution in [2.75, 3.05) is 10.6 Å². The third-order valence-corrected chi connectivity index (χ3v) is 4.59. The average Bonchev–Trinajstić information content (AvgIpc) is 2.83. The van der Waals surface area contributed by atoms with Crippen LogP contribution < -0.4 is 20.1 Å². The number of para-hydroxylation sites is 6. The second-order valence-electron chi connectivity index (χ2n) is 7.10. The lowest BCUT2D eigenvalue weighted by Crippen LogP contribution is -2.21. The summed E-state index contributed by atoms with van der Waals surface area (Å²) >= 11 is 0. The Morgan fingerprint density at radius 3 is 1.30 bits per heavy atom. The van der Waals surface area contributed by atoms with Crippen LogP contribution in [0.2, 0.25) is 0 Å². The molecule has 2 N–H and O–H groups in total. The molecule has 2 amide bonds. The summed E-state index contributed by atoms with van der Waals surface area (Å²) in [6.07, 6.45) is -0.362. The summed E-state index contributed by atoms with van der Waals surface area (Å²) in [6, 6.07) is 32.6. The van der Waals surface area contributed by atoms with Crippen molar-refractivity contribution in [3.8, 4) is 23.0 Å². The maximum Gasteiger partial charge on any atom is 0.233 e. The van der Waals surface area contributed by atoms with Crippen molar-refractivity contribution in [2.45, 2.75) is 6.42 Å². The van der Waals surface area contributed by atoms with E-state index < -0.39 is 11.8 Å². The molecule has 0 bridgehead atoms. The number of carbonyl (C=O) groups is 2. The first kappa shape index (κ1) is 21.6. The van der Waals surface area contributed by atoms with Gasteiger partial charge in [0.1, 0.15) is 17.9 Å². The minimum atomic E-state index is -0.460. The molecule has 0 aliphatic carbocycles. The van der Waals surface area contributed by atoms with Gasteiger partial charge in [-0.15, -0.1) is 0 Å². The molecule has 0 aromatic heterocycles. The fourth-order valence-corrected chi connectivity index (χ4v) is 3.08. The van der Waals surface area contributed by atoms with Crippen LogP contribution in [0.3, 0.4) is 0 Å². The van der Waals surface area contributed by atoms with E-state index in [1.165, 1.54) is 0 Å². The summed E-state index contributed by atoms with van der Waals surface area (Å²) in [5.41, 5.74) is 0.957. The highest BCUT2D eigenvalue weighted by Crippen LogP contribution is 2.30. The van der Waals surface area contributed by atoms with Crippen LogP contribution in [0, 0.1) is 0 Å². The summed E-state index contributed by atoms with van der Waals surface area (Å²) in [5.74, 6) is 1.34. The van der Waals surface area contributed by atoms with Crippen molar-refractivity contribution in [2.24, 2.45) is 0 Å². The van der Waals surface area contributed by atoms with Crippen molar-refractivity contribution < 1.29 is 19.1 Å². The van der Waals surface area contributed by atoms with Crippen LogP contribution in [0.5, 0.6) is 23.0 Å². The lowest BCUT2D eigenvalue weighted by Gasteiger charge is -2.13. The van der Waals surface area contributed by atoms with Gasteiger partial charge in [0.15, 0.2) is 11.5 Å². The number of anilines is 2. The molecule has 0 fully saturated rings. The highest BCUT2D eigenvalue weighted by Gasteiger charge is 2.14. The van der Waals surface area contributed by atoms with Crippen LogP contribution in [0.25, 0.3) is 0 Å². The molecule has 6 nitrogen and oxygen atoms in total. The molecule has 4 aromatic carbocycles. The van der Waals surface area contributed by atoms with Crippen molar-refractivity contribution in [1.29, 1.82) is 0 Å². The van der Waals surface area contributed by atoms with Gasteiger partial charge in [-0.05, 0) is 48.5 Å². The average molecular weight is 438 g/mol. The number of amides is 2. The van der Waals surface area contributed by atoms with Crippen LogP contribution >= 0.6 is 0 Å². The highest BCUT2D eigenvalue weighted by molar-refractivity contribution is 6.08. The monoisotopic (exact) mass is 438 g/mol. The van der Waals surface area contributed by atoms with E-state index >= 15 is 0 Å². The molecule has 0 aliphatic rings. The molecule has 0 radical (unpaired) electrons. The van der Waals surface area contributed by atoms with Gasteiger partial charge in [0.05, 0.1) is 11.4 Å². The van der Waals surface area contributed by atoms with Gasteiger partial charge in [0.25, 0.3) is 0 Å². The second kappa shape index (κ2) is 10.6. The first-order chi connectivity index (χ1) is 16.2. The molecule has 0 unspecified atom stereocenters. The minimum Gasteiger partial charge on any atom is -0.455 e. The minimum absolute atomic E-state index is 0.362. The van der Waals surface area contributed by atoms with Gasteiger partial charge in [-0.25, -0.2) is 0 Å². The fraction of sp³-hybridized carbons (Fsp3) is 0.0370. The van der Waals surface area contributed by atoms with Crippen molar-refractivity contribution in [3.05, 3.63) is 109 Å². The fourth-order valence-electron chi connectivity index (χ4n) is 3.08. The number of carbonyl (C=O) groups excluding carboxylic acids is 2. The number of hydrogen-bond donors (Lipinski definition) is 2. The van der Waals surface area contributed by atoms with Gasteiger partial charge >= 0.3 is 0 Å². The smallest absolute Gasteiger partial charge is 0.233 e. The zero-order chi connectivity index (χ0) is 22.9. The van der Waals surface area contributed by atoms with Gasteiger partial charge in [-0.1, -0.05) is 60.7 Å². The van der Waals surface area contributed by atoms with E-state index in [9.17, 15) is 9.59 Å². The summed E-state index contributed by atoms with van der Waals surface area (Å²) in [7, 11) is 0. The number of ether oxygens (including phenoxy) is 2. The molecule has 0 saturated carbocycles. The van der Waals surface area contributed by atoms with Gasteiger partial charge in [0.2, 0.25) is 11.8 Å². The second-order valence-corrected chi connectivity index (χ2v) is 7.10. The van der Waals surface area contributed by atoms with Gasteiger partial charge in [-0.3, -0.25) is 9.59 Å². The van der Waals surface area contributed by atoms with Crippen LogP contribution in [-0.2, 0) is 9.59 Å². The topological polar surface area (TPSA) is 76.7 Å². The maximum absolute atomic E-state index is 12.5. The Kier molecular flexibility index (Phi) is 6.98. The van der Waals surface area contributed by atoms with E-state index in [1.54, 1.807) is 36.4 Å². The molecular formula is C27H22N2O4. The van der Waals surface area contributed by atoms with Gasteiger partial charge in [0, 0.05) is 0 Å².